The predicted molar refractivity (Wildman–Crippen MR) is 84.5 cm³/mol. The molecule has 1 aromatic rings. The van der Waals surface area contributed by atoms with E-state index in [2.05, 4.69) is 24.4 Å². The Morgan fingerprint density at radius 2 is 1.90 bits per heavy atom. The lowest BCUT2D eigenvalue weighted by atomic mass is 9.96. The van der Waals surface area contributed by atoms with Crippen molar-refractivity contribution in [2.45, 2.75) is 19.8 Å². The SMILES string of the molecule is CCNCC(CCOCCOC)Cc1ccc(Cl)cc1. The Labute approximate surface area is 127 Å². The molecule has 0 fully saturated rings. The van der Waals surface area contributed by atoms with Gasteiger partial charge in [0, 0.05) is 18.7 Å². The summed E-state index contributed by atoms with van der Waals surface area (Å²) >= 11 is 5.92. The average molecular weight is 300 g/mol. The Bertz CT molecular complexity index is 343. The summed E-state index contributed by atoms with van der Waals surface area (Å²) in [4.78, 5) is 0. The number of hydrogen-bond donors (Lipinski definition) is 1. The van der Waals surface area contributed by atoms with Gasteiger partial charge in [-0.15, -0.1) is 0 Å². The summed E-state index contributed by atoms with van der Waals surface area (Å²) in [6, 6.07) is 8.12. The summed E-state index contributed by atoms with van der Waals surface area (Å²) in [6.07, 6.45) is 2.11. The fourth-order valence-electron chi connectivity index (χ4n) is 2.07. The van der Waals surface area contributed by atoms with Crippen molar-refractivity contribution in [3.63, 3.8) is 0 Å². The Morgan fingerprint density at radius 1 is 1.15 bits per heavy atom. The molecule has 1 aromatic carbocycles. The van der Waals surface area contributed by atoms with Crippen molar-refractivity contribution in [2.75, 3.05) is 40.0 Å². The Balaban J connectivity index is 2.36. The maximum atomic E-state index is 5.92. The van der Waals surface area contributed by atoms with E-state index in [1.54, 1.807) is 7.11 Å². The molecule has 3 nitrogen and oxygen atoms in total. The highest BCUT2D eigenvalue weighted by Crippen LogP contribution is 2.15. The summed E-state index contributed by atoms with van der Waals surface area (Å²) in [7, 11) is 1.69. The molecule has 0 saturated heterocycles. The van der Waals surface area contributed by atoms with Gasteiger partial charge in [0.1, 0.15) is 0 Å². The number of benzene rings is 1. The first-order valence-corrected chi connectivity index (χ1v) is 7.66. The molecule has 0 aliphatic heterocycles. The summed E-state index contributed by atoms with van der Waals surface area (Å²) in [5.41, 5.74) is 1.33. The zero-order valence-electron chi connectivity index (χ0n) is 12.5. The van der Waals surface area contributed by atoms with Crippen molar-refractivity contribution >= 4 is 11.6 Å². The minimum atomic E-state index is 0.582. The van der Waals surface area contributed by atoms with Crippen LogP contribution in [0.15, 0.2) is 24.3 Å². The van der Waals surface area contributed by atoms with Crippen LogP contribution in [0, 0.1) is 5.92 Å². The van der Waals surface area contributed by atoms with Crippen LogP contribution < -0.4 is 5.32 Å². The second-order valence-electron chi connectivity index (χ2n) is 4.90. The van der Waals surface area contributed by atoms with Crippen LogP contribution in [0.3, 0.4) is 0 Å². The molecule has 1 unspecified atom stereocenters. The average Bonchev–Trinajstić information content (AvgIpc) is 2.46. The number of ether oxygens (including phenoxy) is 2. The molecule has 0 saturated carbocycles. The van der Waals surface area contributed by atoms with E-state index in [-0.39, 0.29) is 0 Å². The summed E-state index contributed by atoms with van der Waals surface area (Å²) in [6.45, 7) is 6.27. The van der Waals surface area contributed by atoms with E-state index in [4.69, 9.17) is 21.1 Å². The fourth-order valence-corrected chi connectivity index (χ4v) is 2.20. The van der Waals surface area contributed by atoms with Gasteiger partial charge in [0.25, 0.3) is 0 Å². The third kappa shape index (κ3) is 7.85. The molecule has 0 spiro atoms. The zero-order valence-corrected chi connectivity index (χ0v) is 13.3. The van der Waals surface area contributed by atoms with Gasteiger partial charge in [-0.1, -0.05) is 30.7 Å². The van der Waals surface area contributed by atoms with Crippen LogP contribution in [-0.4, -0.2) is 40.0 Å². The van der Waals surface area contributed by atoms with E-state index in [9.17, 15) is 0 Å². The quantitative estimate of drug-likeness (QED) is 0.637. The van der Waals surface area contributed by atoms with Crippen molar-refractivity contribution < 1.29 is 9.47 Å². The van der Waals surface area contributed by atoms with E-state index in [1.807, 2.05) is 12.1 Å². The molecule has 0 amide bonds. The van der Waals surface area contributed by atoms with Gasteiger partial charge in [-0.2, -0.15) is 0 Å². The van der Waals surface area contributed by atoms with Crippen molar-refractivity contribution in [1.29, 1.82) is 0 Å². The van der Waals surface area contributed by atoms with Crippen LogP contribution in [-0.2, 0) is 15.9 Å². The highest BCUT2D eigenvalue weighted by atomic mass is 35.5. The standard InChI is InChI=1S/C16H26ClNO2/c1-3-18-13-15(8-9-20-11-10-19-2)12-14-4-6-16(17)7-5-14/h4-7,15,18H,3,8-13H2,1-2H3. The van der Waals surface area contributed by atoms with Gasteiger partial charge < -0.3 is 14.8 Å². The molecule has 20 heavy (non-hydrogen) atoms. The number of methoxy groups -OCH3 is 1. The predicted octanol–water partition coefficient (Wildman–Crippen LogP) is 3.16. The zero-order chi connectivity index (χ0) is 14.6. The minimum absolute atomic E-state index is 0.582. The van der Waals surface area contributed by atoms with Crippen LogP contribution in [0.25, 0.3) is 0 Å². The lowest BCUT2D eigenvalue weighted by Gasteiger charge is -2.17. The van der Waals surface area contributed by atoms with Crippen molar-refractivity contribution in [1.82, 2.24) is 5.32 Å². The van der Waals surface area contributed by atoms with Crippen LogP contribution in [0.2, 0.25) is 5.02 Å². The molecule has 0 aliphatic rings. The normalized spacial score (nSPS) is 12.6. The molecule has 1 N–H and O–H groups in total. The van der Waals surface area contributed by atoms with Gasteiger partial charge in [-0.05, 0) is 49.5 Å². The van der Waals surface area contributed by atoms with Gasteiger partial charge in [0.05, 0.1) is 13.2 Å². The number of halogens is 1. The lowest BCUT2D eigenvalue weighted by Crippen LogP contribution is -2.25. The van der Waals surface area contributed by atoms with Gasteiger partial charge in [-0.3, -0.25) is 0 Å². The summed E-state index contributed by atoms with van der Waals surface area (Å²) in [5, 5.41) is 4.22. The van der Waals surface area contributed by atoms with Gasteiger partial charge in [-0.25, -0.2) is 0 Å². The molecule has 1 atom stereocenters. The van der Waals surface area contributed by atoms with Crippen LogP contribution in [0.4, 0.5) is 0 Å². The molecule has 0 heterocycles. The first kappa shape index (κ1) is 17.4. The third-order valence-corrected chi connectivity index (χ3v) is 3.47. The number of hydrogen-bond acceptors (Lipinski definition) is 3. The minimum Gasteiger partial charge on any atom is -0.382 e. The monoisotopic (exact) mass is 299 g/mol. The molecular weight excluding hydrogens is 274 g/mol. The molecule has 0 bridgehead atoms. The first-order valence-electron chi connectivity index (χ1n) is 7.28. The first-order chi connectivity index (χ1) is 9.76. The number of nitrogens with one attached hydrogen (secondary N) is 1. The third-order valence-electron chi connectivity index (χ3n) is 3.22. The smallest absolute Gasteiger partial charge is 0.0700 e. The van der Waals surface area contributed by atoms with Gasteiger partial charge in [0.15, 0.2) is 0 Å². The molecule has 1 rings (SSSR count). The second kappa shape index (κ2) is 11.1. The van der Waals surface area contributed by atoms with E-state index in [0.717, 1.165) is 37.6 Å². The molecule has 0 aromatic heterocycles. The Kier molecular flexibility index (Phi) is 9.67. The number of rotatable bonds is 11. The van der Waals surface area contributed by atoms with Crippen LogP contribution >= 0.6 is 11.6 Å². The maximum Gasteiger partial charge on any atom is 0.0700 e. The van der Waals surface area contributed by atoms with Crippen molar-refractivity contribution in [3.8, 4) is 0 Å². The molecule has 0 radical (unpaired) electrons. The molecule has 0 aliphatic carbocycles. The molecule has 4 heteroatoms. The maximum absolute atomic E-state index is 5.92. The van der Waals surface area contributed by atoms with E-state index < -0.39 is 0 Å². The highest BCUT2D eigenvalue weighted by molar-refractivity contribution is 6.30. The summed E-state index contributed by atoms with van der Waals surface area (Å²) in [5.74, 6) is 0.582. The lowest BCUT2D eigenvalue weighted by molar-refractivity contribution is 0.0636. The van der Waals surface area contributed by atoms with Gasteiger partial charge in [0.2, 0.25) is 0 Å². The van der Waals surface area contributed by atoms with Gasteiger partial charge >= 0.3 is 0 Å². The topological polar surface area (TPSA) is 30.5 Å². The van der Waals surface area contributed by atoms with Crippen LogP contribution in [0.1, 0.15) is 18.9 Å². The van der Waals surface area contributed by atoms with Crippen LogP contribution in [0.5, 0.6) is 0 Å². The fraction of sp³-hybridized carbons (Fsp3) is 0.625. The largest absolute Gasteiger partial charge is 0.382 e. The second-order valence-corrected chi connectivity index (χ2v) is 5.33. The molecule has 114 valence electrons. The van der Waals surface area contributed by atoms with Crippen molar-refractivity contribution in [2.24, 2.45) is 5.92 Å². The Morgan fingerprint density at radius 3 is 2.55 bits per heavy atom. The van der Waals surface area contributed by atoms with E-state index >= 15 is 0 Å². The Hall–Kier alpha value is -0.610. The van der Waals surface area contributed by atoms with E-state index in [0.29, 0.717) is 19.1 Å². The molecular formula is C16H26ClNO2. The van der Waals surface area contributed by atoms with E-state index in [1.165, 1.54) is 5.56 Å². The summed E-state index contributed by atoms with van der Waals surface area (Å²) < 4.78 is 10.5. The highest BCUT2D eigenvalue weighted by Gasteiger charge is 2.09. The van der Waals surface area contributed by atoms with Crippen molar-refractivity contribution in [3.05, 3.63) is 34.9 Å².